The summed E-state index contributed by atoms with van der Waals surface area (Å²) >= 11 is 0. The lowest BCUT2D eigenvalue weighted by atomic mass is 10.0. The average Bonchev–Trinajstić information content (AvgIpc) is 2.54. The number of cyclic esters (lactones) is 1. The Labute approximate surface area is 130 Å². The molecule has 1 aliphatic rings. The Morgan fingerprint density at radius 2 is 1.86 bits per heavy atom. The molecule has 0 aromatic carbocycles. The first-order chi connectivity index (χ1) is 10.6. The van der Waals surface area contributed by atoms with E-state index in [1.807, 2.05) is 44.2 Å². The number of esters is 1. The number of rotatable bonds is 1. The lowest BCUT2D eigenvalue weighted by Crippen LogP contribution is -2.36. The van der Waals surface area contributed by atoms with Gasteiger partial charge in [0.25, 0.3) is 0 Å². The molecule has 0 radical (unpaired) electrons. The highest BCUT2D eigenvalue weighted by Crippen LogP contribution is 2.16. The van der Waals surface area contributed by atoms with Crippen molar-refractivity contribution >= 4 is 11.9 Å². The molecule has 0 saturated carbocycles. The summed E-state index contributed by atoms with van der Waals surface area (Å²) in [5, 5.41) is 2.92. The molecule has 3 atom stereocenters. The zero-order chi connectivity index (χ0) is 15.9. The van der Waals surface area contributed by atoms with E-state index in [2.05, 4.69) is 10.3 Å². The first-order valence-corrected chi connectivity index (χ1v) is 7.61. The number of pyridine rings is 1. The van der Waals surface area contributed by atoms with Crippen molar-refractivity contribution in [3.05, 3.63) is 42.2 Å². The van der Waals surface area contributed by atoms with Gasteiger partial charge in [0.15, 0.2) is 0 Å². The predicted molar refractivity (Wildman–Crippen MR) is 82.8 cm³/mol. The Bertz CT molecular complexity index is 542. The van der Waals surface area contributed by atoms with E-state index in [0.29, 0.717) is 18.5 Å². The maximum atomic E-state index is 12.2. The molecule has 2 rings (SSSR count). The fourth-order valence-electron chi connectivity index (χ4n) is 2.21. The van der Waals surface area contributed by atoms with Crippen LogP contribution < -0.4 is 5.32 Å². The van der Waals surface area contributed by atoms with Crippen LogP contribution in [0.2, 0.25) is 0 Å². The van der Waals surface area contributed by atoms with Gasteiger partial charge in [-0.25, -0.2) is 0 Å². The molecule has 1 amide bonds. The zero-order valence-corrected chi connectivity index (χ0v) is 13.0. The second-order valence-corrected chi connectivity index (χ2v) is 5.69. The maximum Gasteiger partial charge on any atom is 0.309 e. The number of ether oxygens (including phenoxy) is 1. The number of amides is 1. The highest BCUT2D eigenvalue weighted by molar-refractivity contribution is 5.79. The van der Waals surface area contributed by atoms with E-state index in [4.69, 9.17) is 4.74 Å². The zero-order valence-electron chi connectivity index (χ0n) is 13.0. The molecular formula is C17H22N2O3. The molecule has 1 aromatic rings. The highest BCUT2D eigenvalue weighted by atomic mass is 16.5. The summed E-state index contributed by atoms with van der Waals surface area (Å²) in [7, 11) is 0. The van der Waals surface area contributed by atoms with Gasteiger partial charge in [-0.05, 0) is 25.0 Å². The van der Waals surface area contributed by atoms with E-state index < -0.39 is 6.04 Å². The minimum absolute atomic E-state index is 0.0648. The molecule has 22 heavy (non-hydrogen) atoms. The number of carbonyl (C=O) groups excluding carboxylic acids is 2. The monoisotopic (exact) mass is 302 g/mol. The van der Waals surface area contributed by atoms with Gasteiger partial charge in [-0.15, -0.1) is 0 Å². The molecule has 118 valence electrons. The Morgan fingerprint density at radius 3 is 2.55 bits per heavy atom. The van der Waals surface area contributed by atoms with Crippen LogP contribution in [0.15, 0.2) is 36.5 Å². The third-order valence-electron chi connectivity index (χ3n) is 3.75. The van der Waals surface area contributed by atoms with Gasteiger partial charge in [-0.1, -0.05) is 32.1 Å². The number of aromatic nitrogens is 1. The van der Waals surface area contributed by atoms with Crippen molar-refractivity contribution in [3.8, 4) is 0 Å². The van der Waals surface area contributed by atoms with Crippen LogP contribution in [0.4, 0.5) is 0 Å². The number of allylic oxidation sites excluding steroid dienone is 2. The Balaban J connectivity index is 2.19. The number of hydrogen-bond acceptors (Lipinski definition) is 4. The van der Waals surface area contributed by atoms with Crippen molar-refractivity contribution in [2.24, 2.45) is 11.8 Å². The summed E-state index contributed by atoms with van der Waals surface area (Å²) in [5.74, 6) is -0.641. The van der Waals surface area contributed by atoms with Crippen molar-refractivity contribution in [2.75, 3.05) is 6.61 Å². The fourth-order valence-corrected chi connectivity index (χ4v) is 2.21. The van der Waals surface area contributed by atoms with E-state index >= 15 is 0 Å². The largest absolute Gasteiger partial charge is 0.463 e. The van der Waals surface area contributed by atoms with Gasteiger partial charge in [0.05, 0.1) is 11.6 Å². The average molecular weight is 302 g/mol. The van der Waals surface area contributed by atoms with Crippen LogP contribution in [-0.4, -0.2) is 23.5 Å². The van der Waals surface area contributed by atoms with Crippen molar-refractivity contribution < 1.29 is 14.3 Å². The summed E-state index contributed by atoms with van der Waals surface area (Å²) in [5.41, 5.74) is 0.691. The van der Waals surface area contributed by atoms with Crippen molar-refractivity contribution in [3.63, 3.8) is 0 Å². The molecule has 0 aliphatic carbocycles. The number of nitrogens with zero attached hydrogens (tertiary/aromatic N) is 1. The van der Waals surface area contributed by atoms with E-state index in [-0.39, 0.29) is 30.3 Å². The number of nitrogens with one attached hydrogen (secondary N) is 1. The number of hydrogen-bond donors (Lipinski definition) is 1. The van der Waals surface area contributed by atoms with Gasteiger partial charge in [-0.2, -0.15) is 0 Å². The summed E-state index contributed by atoms with van der Waals surface area (Å²) in [6.45, 7) is 3.83. The highest BCUT2D eigenvalue weighted by Gasteiger charge is 2.23. The molecule has 0 fully saturated rings. The predicted octanol–water partition coefficient (Wildman–Crippen LogP) is 2.40. The minimum Gasteiger partial charge on any atom is -0.463 e. The molecule has 5 heteroatoms. The van der Waals surface area contributed by atoms with E-state index in [1.165, 1.54) is 0 Å². The van der Waals surface area contributed by atoms with Crippen molar-refractivity contribution in [1.82, 2.24) is 10.3 Å². The Kier molecular flexibility index (Phi) is 5.69. The lowest BCUT2D eigenvalue weighted by Gasteiger charge is -2.21. The van der Waals surface area contributed by atoms with Crippen LogP contribution >= 0.6 is 0 Å². The third-order valence-corrected chi connectivity index (χ3v) is 3.75. The van der Waals surface area contributed by atoms with E-state index in [0.717, 1.165) is 0 Å². The molecule has 0 unspecified atom stereocenters. The molecule has 2 heterocycles. The number of carbonyl (C=O) groups is 2. The molecule has 1 N–H and O–H groups in total. The van der Waals surface area contributed by atoms with Gasteiger partial charge in [0, 0.05) is 12.1 Å². The third kappa shape index (κ3) is 4.41. The van der Waals surface area contributed by atoms with E-state index in [9.17, 15) is 9.59 Å². The van der Waals surface area contributed by atoms with E-state index in [1.54, 1.807) is 6.20 Å². The molecule has 0 spiro atoms. The van der Waals surface area contributed by atoms with Crippen LogP contribution in [0.25, 0.3) is 0 Å². The van der Waals surface area contributed by atoms with Gasteiger partial charge in [-0.3, -0.25) is 14.6 Å². The van der Waals surface area contributed by atoms with Gasteiger partial charge < -0.3 is 10.1 Å². The van der Waals surface area contributed by atoms with Crippen LogP contribution in [-0.2, 0) is 14.3 Å². The van der Waals surface area contributed by atoms with Crippen molar-refractivity contribution in [1.29, 1.82) is 0 Å². The summed E-state index contributed by atoms with van der Waals surface area (Å²) < 4.78 is 5.35. The second kappa shape index (κ2) is 7.73. The maximum absolute atomic E-state index is 12.2. The SMILES string of the molecule is C[C@@H]1C/C=C/C[C@H](C)C(=O)N[C@H](c2ccccn2)COC1=O. The molecule has 1 aromatic heterocycles. The normalized spacial score (nSPS) is 28.7. The standard InChI is InChI=1S/C17H22N2O3/c1-12-7-3-4-8-13(2)17(21)22-11-15(19-16(12)20)14-9-5-6-10-18-14/h3-6,9-10,12-13,15H,7-8,11H2,1-2H3,(H,19,20)/b4-3+/t12-,13+,15-/m0/s1. The Hall–Kier alpha value is -2.17. The molecular weight excluding hydrogens is 280 g/mol. The molecule has 1 aliphatic heterocycles. The van der Waals surface area contributed by atoms with Crippen LogP contribution in [0.1, 0.15) is 38.4 Å². The summed E-state index contributed by atoms with van der Waals surface area (Å²) in [6, 6.07) is 5.05. The molecule has 0 saturated heterocycles. The first kappa shape index (κ1) is 16.2. The Morgan fingerprint density at radius 1 is 1.14 bits per heavy atom. The smallest absolute Gasteiger partial charge is 0.309 e. The second-order valence-electron chi connectivity index (χ2n) is 5.69. The van der Waals surface area contributed by atoms with Gasteiger partial charge >= 0.3 is 5.97 Å². The lowest BCUT2D eigenvalue weighted by molar-refractivity contribution is -0.149. The topological polar surface area (TPSA) is 68.3 Å². The van der Waals surface area contributed by atoms with Crippen LogP contribution in [0, 0.1) is 11.8 Å². The minimum atomic E-state index is -0.421. The van der Waals surface area contributed by atoms with Crippen molar-refractivity contribution in [2.45, 2.75) is 32.7 Å². The quantitative estimate of drug-likeness (QED) is 0.639. The van der Waals surface area contributed by atoms with Crippen LogP contribution in [0.3, 0.4) is 0 Å². The molecule has 5 nitrogen and oxygen atoms in total. The first-order valence-electron chi connectivity index (χ1n) is 7.61. The fraction of sp³-hybridized carbons (Fsp3) is 0.471. The summed E-state index contributed by atoms with van der Waals surface area (Å²) in [6.07, 6.45) is 6.83. The molecule has 0 bridgehead atoms. The van der Waals surface area contributed by atoms with Gasteiger partial charge in [0.1, 0.15) is 12.6 Å². The van der Waals surface area contributed by atoms with Crippen LogP contribution in [0.5, 0.6) is 0 Å². The summed E-state index contributed by atoms with van der Waals surface area (Å²) in [4.78, 5) is 28.5. The van der Waals surface area contributed by atoms with Gasteiger partial charge in [0.2, 0.25) is 5.91 Å².